The van der Waals surface area contributed by atoms with E-state index in [4.69, 9.17) is 9.84 Å². The van der Waals surface area contributed by atoms with Crippen LogP contribution in [0.3, 0.4) is 0 Å². The first-order valence-corrected chi connectivity index (χ1v) is 5.09. The van der Waals surface area contributed by atoms with Crippen molar-refractivity contribution in [1.82, 2.24) is 0 Å². The van der Waals surface area contributed by atoms with Gasteiger partial charge in [0.25, 0.3) is 0 Å². The summed E-state index contributed by atoms with van der Waals surface area (Å²) in [5, 5.41) is 8.98. The molecule has 14 heavy (non-hydrogen) atoms. The third-order valence-corrected chi connectivity index (χ3v) is 2.15. The van der Waals surface area contributed by atoms with E-state index in [9.17, 15) is 0 Å². The summed E-state index contributed by atoms with van der Waals surface area (Å²) in [7, 11) is 0. The fraction of sp³-hybridized carbons (Fsp3) is 0.500. The number of hydrogen-bond donors (Lipinski definition) is 1. The van der Waals surface area contributed by atoms with Crippen LogP contribution in [0.15, 0.2) is 24.3 Å². The molecule has 2 heteroatoms. The number of hydrogen-bond acceptors (Lipinski definition) is 2. The molecule has 0 heterocycles. The highest BCUT2D eigenvalue weighted by atomic mass is 16.5. The number of para-hydroxylation sites is 1. The van der Waals surface area contributed by atoms with Gasteiger partial charge in [-0.2, -0.15) is 0 Å². The molecule has 1 aromatic rings. The molecule has 0 aliphatic carbocycles. The second kappa shape index (κ2) is 5.66. The van der Waals surface area contributed by atoms with Gasteiger partial charge in [0.2, 0.25) is 0 Å². The standard InChI is InChI=1S/C12H18O2/c1-3-14-12-7-5-4-6-11(12)8-10(2)9-13/h4-7,10,13H,3,8-9H2,1-2H3. The van der Waals surface area contributed by atoms with Crippen LogP contribution in [0.5, 0.6) is 5.75 Å². The Kier molecular flexibility index (Phi) is 4.47. The smallest absolute Gasteiger partial charge is 0.122 e. The summed E-state index contributed by atoms with van der Waals surface area (Å²) >= 11 is 0. The number of aliphatic hydroxyl groups is 1. The van der Waals surface area contributed by atoms with Crippen molar-refractivity contribution >= 4 is 0 Å². The van der Waals surface area contributed by atoms with Gasteiger partial charge in [-0.3, -0.25) is 0 Å². The zero-order valence-corrected chi connectivity index (χ0v) is 8.86. The Morgan fingerprint density at radius 3 is 2.71 bits per heavy atom. The van der Waals surface area contributed by atoms with Crippen molar-refractivity contribution in [2.75, 3.05) is 13.2 Å². The lowest BCUT2D eigenvalue weighted by atomic mass is 10.0. The molecule has 1 unspecified atom stereocenters. The van der Waals surface area contributed by atoms with Crippen molar-refractivity contribution in [1.29, 1.82) is 0 Å². The Labute approximate surface area is 85.5 Å². The lowest BCUT2D eigenvalue weighted by Gasteiger charge is -2.12. The van der Waals surface area contributed by atoms with E-state index in [1.165, 1.54) is 5.56 Å². The van der Waals surface area contributed by atoms with Crippen LogP contribution in [-0.4, -0.2) is 18.3 Å². The van der Waals surface area contributed by atoms with Gasteiger partial charge in [0.15, 0.2) is 0 Å². The molecule has 0 radical (unpaired) electrons. The molecule has 0 bridgehead atoms. The van der Waals surface area contributed by atoms with Crippen molar-refractivity contribution in [3.8, 4) is 5.75 Å². The van der Waals surface area contributed by atoms with E-state index >= 15 is 0 Å². The molecule has 0 spiro atoms. The largest absolute Gasteiger partial charge is 0.494 e. The van der Waals surface area contributed by atoms with Gasteiger partial charge in [-0.05, 0) is 30.9 Å². The van der Waals surface area contributed by atoms with Crippen LogP contribution in [0, 0.1) is 5.92 Å². The quantitative estimate of drug-likeness (QED) is 0.779. The lowest BCUT2D eigenvalue weighted by molar-refractivity contribution is 0.235. The summed E-state index contributed by atoms with van der Waals surface area (Å²) in [4.78, 5) is 0. The minimum atomic E-state index is 0.223. The van der Waals surface area contributed by atoms with Crippen LogP contribution in [0.25, 0.3) is 0 Å². The van der Waals surface area contributed by atoms with Gasteiger partial charge in [0.1, 0.15) is 5.75 Å². The molecule has 0 amide bonds. The molecule has 1 N–H and O–H groups in total. The Morgan fingerprint density at radius 1 is 1.36 bits per heavy atom. The summed E-state index contributed by atoms with van der Waals surface area (Å²) in [5.41, 5.74) is 1.18. The average molecular weight is 194 g/mol. The summed E-state index contributed by atoms with van der Waals surface area (Å²) < 4.78 is 5.50. The van der Waals surface area contributed by atoms with Crippen molar-refractivity contribution in [3.63, 3.8) is 0 Å². The van der Waals surface area contributed by atoms with Crippen LogP contribution >= 0.6 is 0 Å². The van der Waals surface area contributed by atoms with Gasteiger partial charge in [0, 0.05) is 6.61 Å². The first kappa shape index (κ1) is 11.1. The molecule has 2 nitrogen and oxygen atoms in total. The molecule has 78 valence electrons. The van der Waals surface area contributed by atoms with E-state index in [0.29, 0.717) is 6.61 Å². The van der Waals surface area contributed by atoms with Crippen molar-refractivity contribution in [2.24, 2.45) is 5.92 Å². The topological polar surface area (TPSA) is 29.5 Å². The van der Waals surface area contributed by atoms with E-state index < -0.39 is 0 Å². The third kappa shape index (κ3) is 3.04. The number of rotatable bonds is 5. The molecule has 1 atom stereocenters. The van der Waals surface area contributed by atoms with Crippen LogP contribution < -0.4 is 4.74 Å². The van der Waals surface area contributed by atoms with Crippen LogP contribution in [0.4, 0.5) is 0 Å². The van der Waals surface area contributed by atoms with E-state index in [1.54, 1.807) is 0 Å². The van der Waals surface area contributed by atoms with E-state index in [-0.39, 0.29) is 12.5 Å². The molecule has 1 aromatic carbocycles. The van der Waals surface area contributed by atoms with Gasteiger partial charge in [-0.1, -0.05) is 25.1 Å². The number of aliphatic hydroxyl groups excluding tert-OH is 1. The Morgan fingerprint density at radius 2 is 2.07 bits per heavy atom. The fourth-order valence-electron chi connectivity index (χ4n) is 1.41. The number of benzene rings is 1. The Hall–Kier alpha value is -1.02. The molecule has 0 fully saturated rings. The van der Waals surface area contributed by atoms with Crippen molar-refractivity contribution in [3.05, 3.63) is 29.8 Å². The number of ether oxygens (including phenoxy) is 1. The maximum Gasteiger partial charge on any atom is 0.122 e. The normalized spacial score (nSPS) is 12.5. The molecule has 0 aliphatic rings. The lowest BCUT2D eigenvalue weighted by Crippen LogP contribution is -2.06. The summed E-state index contributed by atoms with van der Waals surface area (Å²) in [6.07, 6.45) is 0.868. The Bertz CT molecular complexity index is 271. The van der Waals surface area contributed by atoms with Crippen molar-refractivity contribution < 1.29 is 9.84 Å². The molecular weight excluding hydrogens is 176 g/mol. The molecular formula is C12H18O2. The molecule has 0 aliphatic heterocycles. The van der Waals surface area contributed by atoms with Gasteiger partial charge in [0.05, 0.1) is 6.61 Å². The predicted octanol–water partition coefficient (Wildman–Crippen LogP) is 2.26. The molecule has 1 rings (SSSR count). The average Bonchev–Trinajstić information content (AvgIpc) is 2.21. The third-order valence-electron chi connectivity index (χ3n) is 2.15. The first-order chi connectivity index (χ1) is 6.77. The monoisotopic (exact) mass is 194 g/mol. The maximum atomic E-state index is 8.98. The highest BCUT2D eigenvalue weighted by molar-refractivity contribution is 5.33. The maximum absolute atomic E-state index is 8.98. The minimum absolute atomic E-state index is 0.223. The van der Waals surface area contributed by atoms with E-state index in [1.807, 2.05) is 32.0 Å². The summed E-state index contributed by atoms with van der Waals surface area (Å²) in [6.45, 7) is 4.92. The van der Waals surface area contributed by atoms with Crippen LogP contribution in [0.2, 0.25) is 0 Å². The van der Waals surface area contributed by atoms with Crippen molar-refractivity contribution in [2.45, 2.75) is 20.3 Å². The van der Waals surface area contributed by atoms with Crippen LogP contribution in [0.1, 0.15) is 19.4 Å². The zero-order chi connectivity index (χ0) is 10.4. The summed E-state index contributed by atoms with van der Waals surface area (Å²) in [6, 6.07) is 8.00. The van der Waals surface area contributed by atoms with Gasteiger partial charge in [-0.25, -0.2) is 0 Å². The molecule has 0 aromatic heterocycles. The van der Waals surface area contributed by atoms with E-state index in [0.717, 1.165) is 12.2 Å². The highest BCUT2D eigenvalue weighted by Gasteiger charge is 2.06. The van der Waals surface area contributed by atoms with Gasteiger partial charge < -0.3 is 9.84 Å². The summed E-state index contributed by atoms with van der Waals surface area (Å²) in [5.74, 6) is 1.23. The minimum Gasteiger partial charge on any atom is -0.494 e. The second-order valence-corrected chi connectivity index (χ2v) is 3.53. The van der Waals surface area contributed by atoms with E-state index in [2.05, 4.69) is 6.07 Å². The Balaban J connectivity index is 2.73. The van der Waals surface area contributed by atoms with Crippen LogP contribution in [-0.2, 0) is 6.42 Å². The SMILES string of the molecule is CCOc1ccccc1CC(C)CO. The first-order valence-electron chi connectivity index (χ1n) is 5.09. The molecule has 0 saturated carbocycles. The highest BCUT2D eigenvalue weighted by Crippen LogP contribution is 2.20. The van der Waals surface area contributed by atoms with Gasteiger partial charge >= 0.3 is 0 Å². The molecule has 0 saturated heterocycles. The predicted molar refractivity (Wildman–Crippen MR) is 57.6 cm³/mol. The second-order valence-electron chi connectivity index (χ2n) is 3.53. The fourth-order valence-corrected chi connectivity index (χ4v) is 1.41. The van der Waals surface area contributed by atoms with Gasteiger partial charge in [-0.15, -0.1) is 0 Å². The zero-order valence-electron chi connectivity index (χ0n) is 8.86.